The summed E-state index contributed by atoms with van der Waals surface area (Å²) in [5, 5.41) is 0. The van der Waals surface area contributed by atoms with Gasteiger partial charge in [0.25, 0.3) is 0 Å². The highest BCUT2D eigenvalue weighted by Crippen LogP contribution is 2.69. The molecule has 0 aliphatic heterocycles. The van der Waals surface area contributed by atoms with Crippen molar-refractivity contribution >= 4 is 11.6 Å². The highest BCUT2D eigenvalue weighted by atomic mass is 16.2. The van der Waals surface area contributed by atoms with Gasteiger partial charge in [0, 0.05) is 10.8 Å². The zero-order chi connectivity index (χ0) is 7.57. The molecule has 2 rings (SSSR count). The number of hydrogen-bond donors (Lipinski definition) is 0. The summed E-state index contributed by atoms with van der Waals surface area (Å²) < 4.78 is 0. The molecule has 10 heavy (non-hydrogen) atoms. The zero-order valence-electron chi connectivity index (χ0n) is 6.23. The number of carbonyl (C=O) groups is 2. The Hall–Kier alpha value is -0.660. The third-order valence-electron chi connectivity index (χ3n) is 3.35. The Bertz CT molecular complexity index is 220. The van der Waals surface area contributed by atoms with Gasteiger partial charge in [-0.15, -0.1) is 0 Å². The number of rotatable bonds is 0. The van der Waals surface area contributed by atoms with Gasteiger partial charge >= 0.3 is 0 Å². The van der Waals surface area contributed by atoms with Crippen molar-refractivity contribution in [3.8, 4) is 0 Å². The minimum absolute atomic E-state index is 0.153. The van der Waals surface area contributed by atoms with E-state index in [2.05, 4.69) is 0 Å². The summed E-state index contributed by atoms with van der Waals surface area (Å²) in [5.74, 6) is 0.306. The van der Waals surface area contributed by atoms with Crippen LogP contribution in [0.15, 0.2) is 0 Å². The lowest BCUT2D eigenvalue weighted by molar-refractivity contribution is -0.125. The molecule has 0 spiro atoms. The van der Waals surface area contributed by atoms with Gasteiger partial charge in [-0.1, -0.05) is 13.8 Å². The van der Waals surface area contributed by atoms with E-state index in [0.29, 0.717) is 0 Å². The smallest absolute Gasteiger partial charge is 0.147 e. The van der Waals surface area contributed by atoms with Crippen LogP contribution in [0, 0.1) is 10.8 Å². The van der Waals surface area contributed by atoms with Gasteiger partial charge in [0.2, 0.25) is 0 Å². The second kappa shape index (κ2) is 1.20. The molecule has 2 aliphatic rings. The van der Waals surface area contributed by atoms with E-state index in [9.17, 15) is 9.59 Å². The van der Waals surface area contributed by atoms with Crippen LogP contribution in [0.5, 0.6) is 0 Å². The Balaban J connectivity index is 2.47. The van der Waals surface area contributed by atoms with Crippen molar-refractivity contribution in [1.82, 2.24) is 0 Å². The summed E-state index contributed by atoms with van der Waals surface area (Å²) in [5.41, 5.74) is -0.520. The highest BCUT2D eigenvalue weighted by molar-refractivity contribution is 6.16. The van der Waals surface area contributed by atoms with Crippen LogP contribution in [0.4, 0.5) is 0 Å². The zero-order valence-corrected chi connectivity index (χ0v) is 6.23. The second-order valence-corrected chi connectivity index (χ2v) is 3.86. The second-order valence-electron chi connectivity index (χ2n) is 3.86. The topological polar surface area (TPSA) is 34.1 Å². The maximum atomic E-state index is 11.1. The van der Waals surface area contributed by atoms with Gasteiger partial charge in [-0.3, -0.25) is 9.59 Å². The third kappa shape index (κ3) is 0.367. The van der Waals surface area contributed by atoms with Crippen LogP contribution >= 0.6 is 0 Å². The first kappa shape index (κ1) is 6.08. The van der Waals surface area contributed by atoms with Crippen LogP contribution in [-0.2, 0) is 9.59 Å². The SMILES string of the molecule is CC12CC1(C)C(=O)CC2=O. The van der Waals surface area contributed by atoms with Gasteiger partial charge in [-0.05, 0) is 6.42 Å². The summed E-state index contributed by atoms with van der Waals surface area (Å²) >= 11 is 0. The van der Waals surface area contributed by atoms with E-state index in [-0.39, 0.29) is 28.8 Å². The lowest BCUT2D eigenvalue weighted by Crippen LogP contribution is -2.09. The monoisotopic (exact) mass is 138 g/mol. The van der Waals surface area contributed by atoms with Gasteiger partial charge < -0.3 is 0 Å². The largest absolute Gasteiger partial charge is 0.299 e. The highest BCUT2D eigenvalue weighted by Gasteiger charge is 2.73. The van der Waals surface area contributed by atoms with E-state index in [4.69, 9.17) is 0 Å². The molecule has 2 unspecified atom stereocenters. The molecule has 0 radical (unpaired) electrons. The van der Waals surface area contributed by atoms with Crippen molar-refractivity contribution in [1.29, 1.82) is 0 Å². The molecule has 0 heterocycles. The molecule has 0 aromatic rings. The van der Waals surface area contributed by atoms with Crippen molar-refractivity contribution in [2.75, 3.05) is 0 Å². The van der Waals surface area contributed by atoms with E-state index in [0.717, 1.165) is 6.42 Å². The molecule has 0 aromatic carbocycles. The van der Waals surface area contributed by atoms with Crippen LogP contribution in [-0.4, -0.2) is 11.6 Å². The van der Waals surface area contributed by atoms with Crippen LogP contribution in [0.2, 0.25) is 0 Å². The summed E-state index contributed by atoms with van der Waals surface area (Å²) in [7, 11) is 0. The van der Waals surface area contributed by atoms with E-state index in [1.807, 2.05) is 13.8 Å². The lowest BCUT2D eigenvalue weighted by atomic mass is 10.00. The molecule has 54 valence electrons. The molecule has 0 saturated heterocycles. The fraction of sp³-hybridized carbons (Fsp3) is 0.750. The Labute approximate surface area is 59.6 Å². The first-order chi connectivity index (χ1) is 4.51. The summed E-state index contributed by atoms with van der Waals surface area (Å²) in [6.45, 7) is 3.81. The molecular formula is C8H10O2. The molecule has 0 aromatic heterocycles. The van der Waals surface area contributed by atoms with Crippen LogP contribution in [0.3, 0.4) is 0 Å². The first-order valence-electron chi connectivity index (χ1n) is 3.57. The molecular weight excluding hydrogens is 128 g/mol. The lowest BCUT2D eigenvalue weighted by Gasteiger charge is -2.01. The molecule has 2 heteroatoms. The molecule has 2 saturated carbocycles. The van der Waals surface area contributed by atoms with Crippen molar-refractivity contribution in [3.63, 3.8) is 0 Å². The average Bonchev–Trinajstić information content (AvgIpc) is 2.33. The minimum atomic E-state index is -0.260. The van der Waals surface area contributed by atoms with E-state index in [1.54, 1.807) is 0 Å². The third-order valence-corrected chi connectivity index (χ3v) is 3.35. The van der Waals surface area contributed by atoms with Crippen molar-refractivity contribution in [3.05, 3.63) is 0 Å². The van der Waals surface area contributed by atoms with E-state index in [1.165, 1.54) is 0 Å². The normalized spacial score (nSPS) is 51.4. The van der Waals surface area contributed by atoms with Crippen LogP contribution < -0.4 is 0 Å². The maximum absolute atomic E-state index is 11.1. The molecule has 0 N–H and O–H groups in total. The molecule has 0 amide bonds. The van der Waals surface area contributed by atoms with Gasteiger partial charge in [-0.25, -0.2) is 0 Å². The molecule has 2 aliphatic carbocycles. The number of fused-ring (bicyclic) bond motifs is 1. The fourth-order valence-electron chi connectivity index (χ4n) is 2.01. The molecule has 2 nitrogen and oxygen atoms in total. The quantitative estimate of drug-likeness (QED) is 0.467. The predicted molar refractivity (Wildman–Crippen MR) is 35.5 cm³/mol. The summed E-state index contributed by atoms with van der Waals surface area (Å²) in [6, 6.07) is 0. The first-order valence-corrected chi connectivity index (χ1v) is 3.57. The number of hydrogen-bond acceptors (Lipinski definition) is 2. The molecule has 0 bridgehead atoms. The van der Waals surface area contributed by atoms with Crippen molar-refractivity contribution in [2.45, 2.75) is 26.7 Å². The van der Waals surface area contributed by atoms with Gasteiger partial charge in [0.1, 0.15) is 11.6 Å². The average molecular weight is 138 g/mol. The molecule has 2 fully saturated rings. The summed E-state index contributed by atoms with van der Waals surface area (Å²) in [4.78, 5) is 22.3. The van der Waals surface area contributed by atoms with E-state index >= 15 is 0 Å². The maximum Gasteiger partial charge on any atom is 0.147 e. The number of carbonyl (C=O) groups excluding carboxylic acids is 2. The Morgan fingerprint density at radius 3 is 1.60 bits per heavy atom. The van der Waals surface area contributed by atoms with Crippen LogP contribution in [0.25, 0.3) is 0 Å². The van der Waals surface area contributed by atoms with Gasteiger partial charge in [-0.2, -0.15) is 0 Å². The van der Waals surface area contributed by atoms with Crippen molar-refractivity contribution in [2.24, 2.45) is 10.8 Å². The Morgan fingerprint density at radius 1 is 1.10 bits per heavy atom. The van der Waals surface area contributed by atoms with E-state index < -0.39 is 0 Å². The minimum Gasteiger partial charge on any atom is -0.299 e. The Kier molecular flexibility index (Phi) is 0.730. The fourth-order valence-corrected chi connectivity index (χ4v) is 2.01. The Morgan fingerprint density at radius 2 is 1.50 bits per heavy atom. The molecule has 2 atom stereocenters. The standard InChI is InChI=1S/C8H10O2/c1-7-4-8(7,2)6(10)3-5(7)9/h3-4H2,1-2H3. The number of ketones is 2. The van der Waals surface area contributed by atoms with Gasteiger partial charge in [0.15, 0.2) is 0 Å². The predicted octanol–water partition coefficient (Wildman–Crippen LogP) is 0.945. The number of Topliss-reactive ketones (excluding diaryl/α,β-unsaturated/α-hetero) is 2. The summed E-state index contributed by atoms with van der Waals surface area (Å²) in [6.07, 6.45) is 0.977. The van der Waals surface area contributed by atoms with Crippen molar-refractivity contribution < 1.29 is 9.59 Å². The van der Waals surface area contributed by atoms with Crippen LogP contribution in [0.1, 0.15) is 26.7 Å². The van der Waals surface area contributed by atoms with Gasteiger partial charge in [0.05, 0.1) is 6.42 Å².